The van der Waals surface area contributed by atoms with E-state index in [1.54, 1.807) is 31.2 Å². The maximum atomic E-state index is 13.1. The van der Waals surface area contributed by atoms with Crippen molar-refractivity contribution in [1.82, 2.24) is 0 Å². The van der Waals surface area contributed by atoms with Crippen LogP contribution in [0.1, 0.15) is 17.3 Å². The van der Waals surface area contributed by atoms with Gasteiger partial charge >= 0.3 is 0 Å². The van der Waals surface area contributed by atoms with Gasteiger partial charge in [-0.2, -0.15) is 0 Å². The molecular formula is C16H12BrF2NO. The first-order chi connectivity index (χ1) is 9.95. The molecule has 1 N–H and O–H groups in total. The molecule has 0 aliphatic carbocycles. The maximum Gasteiger partial charge on any atom is 0.187 e. The van der Waals surface area contributed by atoms with Crippen LogP contribution in [0.15, 0.2) is 58.7 Å². The highest BCUT2D eigenvalue weighted by atomic mass is 79.9. The van der Waals surface area contributed by atoms with Crippen molar-refractivity contribution >= 4 is 27.4 Å². The van der Waals surface area contributed by atoms with Crippen molar-refractivity contribution in [2.75, 3.05) is 5.32 Å². The molecule has 0 aromatic heterocycles. The summed E-state index contributed by atoms with van der Waals surface area (Å²) in [5, 5.41) is 2.85. The number of benzene rings is 2. The van der Waals surface area contributed by atoms with Crippen LogP contribution in [0.3, 0.4) is 0 Å². The number of ketones is 1. The molecule has 5 heteroatoms. The van der Waals surface area contributed by atoms with Crippen LogP contribution in [-0.4, -0.2) is 5.78 Å². The Kier molecular flexibility index (Phi) is 4.85. The van der Waals surface area contributed by atoms with Gasteiger partial charge in [-0.25, -0.2) is 8.78 Å². The molecule has 2 aromatic rings. The average Bonchev–Trinajstić information content (AvgIpc) is 2.43. The van der Waals surface area contributed by atoms with Gasteiger partial charge in [-0.05, 0) is 43.3 Å². The molecule has 0 heterocycles. The van der Waals surface area contributed by atoms with Gasteiger partial charge in [0.25, 0.3) is 0 Å². The van der Waals surface area contributed by atoms with Crippen LogP contribution in [-0.2, 0) is 0 Å². The summed E-state index contributed by atoms with van der Waals surface area (Å²) in [7, 11) is 0. The maximum absolute atomic E-state index is 13.1. The Labute approximate surface area is 129 Å². The van der Waals surface area contributed by atoms with Crippen LogP contribution >= 0.6 is 15.9 Å². The fraction of sp³-hybridized carbons (Fsp3) is 0.0625. The minimum absolute atomic E-state index is 0.171. The topological polar surface area (TPSA) is 29.1 Å². The minimum atomic E-state index is -0.938. The molecule has 0 spiro atoms. The molecule has 0 radical (unpaired) electrons. The third kappa shape index (κ3) is 4.23. The number of allylic oxidation sites excluding steroid dienone is 2. The van der Waals surface area contributed by atoms with Gasteiger partial charge in [-0.3, -0.25) is 4.79 Å². The fourth-order valence-corrected chi connectivity index (χ4v) is 2.00. The van der Waals surface area contributed by atoms with Gasteiger partial charge in [0.05, 0.1) is 0 Å². The van der Waals surface area contributed by atoms with Crippen molar-refractivity contribution in [3.63, 3.8) is 0 Å². The van der Waals surface area contributed by atoms with Gasteiger partial charge in [0.2, 0.25) is 0 Å². The van der Waals surface area contributed by atoms with E-state index in [9.17, 15) is 13.6 Å². The Hall–Kier alpha value is -2.01. The predicted octanol–water partition coefficient (Wildman–Crippen LogP) is 4.93. The second-order valence-electron chi connectivity index (χ2n) is 4.45. The normalized spacial score (nSPS) is 11.3. The summed E-state index contributed by atoms with van der Waals surface area (Å²) in [6.07, 6.45) is 1.41. The van der Waals surface area contributed by atoms with Gasteiger partial charge in [0, 0.05) is 33.6 Å². The van der Waals surface area contributed by atoms with Crippen molar-refractivity contribution in [2.24, 2.45) is 0 Å². The second-order valence-corrected chi connectivity index (χ2v) is 5.37. The Morgan fingerprint density at radius 1 is 1.10 bits per heavy atom. The molecule has 2 aromatic carbocycles. The number of carbonyl (C=O) groups is 1. The van der Waals surface area contributed by atoms with Crippen molar-refractivity contribution in [2.45, 2.75) is 6.92 Å². The van der Waals surface area contributed by atoms with Crippen LogP contribution in [0.5, 0.6) is 0 Å². The lowest BCUT2D eigenvalue weighted by atomic mass is 10.1. The molecule has 0 aliphatic heterocycles. The van der Waals surface area contributed by atoms with Crippen LogP contribution in [0, 0.1) is 11.6 Å². The van der Waals surface area contributed by atoms with Crippen molar-refractivity contribution in [3.05, 3.63) is 75.9 Å². The zero-order chi connectivity index (χ0) is 15.4. The summed E-state index contributed by atoms with van der Waals surface area (Å²) in [6.45, 7) is 1.68. The molecule has 2 rings (SSSR count). The molecule has 2 nitrogen and oxygen atoms in total. The van der Waals surface area contributed by atoms with E-state index in [1.807, 2.05) is 0 Å². The van der Waals surface area contributed by atoms with Crippen LogP contribution < -0.4 is 5.32 Å². The van der Waals surface area contributed by atoms with Gasteiger partial charge in [-0.1, -0.05) is 15.9 Å². The fourth-order valence-electron chi connectivity index (χ4n) is 1.73. The number of anilines is 1. The number of halogens is 3. The molecule has 0 amide bonds. The Morgan fingerprint density at radius 3 is 2.38 bits per heavy atom. The monoisotopic (exact) mass is 351 g/mol. The number of rotatable bonds is 4. The van der Waals surface area contributed by atoms with E-state index in [-0.39, 0.29) is 5.78 Å². The smallest absolute Gasteiger partial charge is 0.187 e. The first-order valence-electron chi connectivity index (χ1n) is 6.16. The second kappa shape index (κ2) is 6.63. The zero-order valence-electron chi connectivity index (χ0n) is 11.2. The SMILES string of the molecule is CC(=CC(=O)c1ccc(Br)cc1)Nc1ccc(F)c(F)c1. The highest BCUT2D eigenvalue weighted by molar-refractivity contribution is 9.10. The third-order valence-electron chi connectivity index (χ3n) is 2.74. The quantitative estimate of drug-likeness (QED) is 0.625. The lowest BCUT2D eigenvalue weighted by molar-refractivity contribution is 0.104. The number of nitrogens with one attached hydrogen (secondary N) is 1. The zero-order valence-corrected chi connectivity index (χ0v) is 12.7. The number of carbonyl (C=O) groups excluding carboxylic acids is 1. The average molecular weight is 352 g/mol. The molecule has 0 saturated heterocycles. The summed E-state index contributed by atoms with van der Waals surface area (Å²) >= 11 is 3.30. The Morgan fingerprint density at radius 2 is 1.76 bits per heavy atom. The lowest BCUT2D eigenvalue weighted by Gasteiger charge is -2.07. The van der Waals surface area contributed by atoms with E-state index < -0.39 is 11.6 Å². The van der Waals surface area contributed by atoms with Gasteiger partial charge in [-0.15, -0.1) is 0 Å². The van der Waals surface area contributed by atoms with E-state index in [0.29, 0.717) is 16.9 Å². The van der Waals surface area contributed by atoms with Crippen LogP contribution in [0.25, 0.3) is 0 Å². The number of hydrogen-bond acceptors (Lipinski definition) is 2. The molecule has 21 heavy (non-hydrogen) atoms. The predicted molar refractivity (Wildman–Crippen MR) is 82.2 cm³/mol. The molecular weight excluding hydrogens is 340 g/mol. The van der Waals surface area contributed by atoms with Crippen molar-refractivity contribution < 1.29 is 13.6 Å². The molecule has 0 aliphatic rings. The summed E-state index contributed by atoms with van der Waals surface area (Å²) in [5.74, 6) is -2.02. The largest absolute Gasteiger partial charge is 0.359 e. The number of hydrogen-bond donors (Lipinski definition) is 1. The molecule has 0 bridgehead atoms. The van der Waals surface area contributed by atoms with Crippen molar-refractivity contribution in [3.8, 4) is 0 Å². The third-order valence-corrected chi connectivity index (χ3v) is 3.27. The first-order valence-corrected chi connectivity index (χ1v) is 6.95. The minimum Gasteiger partial charge on any atom is -0.359 e. The summed E-state index contributed by atoms with van der Waals surface area (Å²) in [6, 6.07) is 10.4. The van der Waals surface area contributed by atoms with E-state index in [2.05, 4.69) is 21.2 Å². The van der Waals surface area contributed by atoms with Gasteiger partial charge in [0.15, 0.2) is 17.4 Å². The van der Waals surface area contributed by atoms with E-state index in [1.165, 1.54) is 12.1 Å². The van der Waals surface area contributed by atoms with Crippen LogP contribution in [0.2, 0.25) is 0 Å². The highest BCUT2D eigenvalue weighted by Gasteiger charge is 2.05. The van der Waals surface area contributed by atoms with E-state index in [0.717, 1.165) is 16.6 Å². The van der Waals surface area contributed by atoms with Gasteiger partial charge < -0.3 is 5.32 Å². The molecule has 108 valence electrons. The first kappa shape index (κ1) is 15.4. The molecule has 0 unspecified atom stereocenters. The highest BCUT2D eigenvalue weighted by Crippen LogP contribution is 2.16. The standard InChI is InChI=1S/C16H12BrF2NO/c1-10(20-13-6-7-14(18)15(19)9-13)8-16(21)11-2-4-12(17)5-3-11/h2-9,20H,1H3. The summed E-state index contributed by atoms with van der Waals surface area (Å²) in [4.78, 5) is 12.0. The lowest BCUT2D eigenvalue weighted by Crippen LogP contribution is -2.02. The Balaban J connectivity index is 2.11. The van der Waals surface area contributed by atoms with Crippen molar-refractivity contribution in [1.29, 1.82) is 0 Å². The molecule has 0 atom stereocenters. The van der Waals surface area contributed by atoms with Gasteiger partial charge in [0.1, 0.15) is 0 Å². The summed E-state index contributed by atoms with van der Waals surface area (Å²) < 4.78 is 26.8. The Bertz CT molecular complexity index is 696. The molecule has 0 saturated carbocycles. The van der Waals surface area contributed by atoms with Crippen LogP contribution in [0.4, 0.5) is 14.5 Å². The summed E-state index contributed by atoms with van der Waals surface area (Å²) in [5.41, 5.74) is 1.46. The van der Waals surface area contributed by atoms with E-state index >= 15 is 0 Å². The van der Waals surface area contributed by atoms with E-state index in [4.69, 9.17) is 0 Å². The molecule has 0 fully saturated rings.